The van der Waals surface area contributed by atoms with Crippen LogP contribution in [0, 0.1) is 0 Å². The monoisotopic (exact) mass is 340 g/mol. The average Bonchev–Trinajstić information content (AvgIpc) is 2.59. The van der Waals surface area contributed by atoms with Gasteiger partial charge in [-0.3, -0.25) is 0 Å². The molecule has 0 saturated carbocycles. The van der Waals surface area contributed by atoms with Crippen LogP contribution in [0.3, 0.4) is 0 Å². The molecule has 1 rings (SSSR count). The van der Waals surface area contributed by atoms with Crippen molar-refractivity contribution in [2.75, 3.05) is 40.1 Å². The molecule has 5 nitrogen and oxygen atoms in total. The minimum absolute atomic E-state index is 0.196. The van der Waals surface area contributed by atoms with Crippen molar-refractivity contribution in [3.63, 3.8) is 0 Å². The van der Waals surface area contributed by atoms with E-state index in [-0.39, 0.29) is 24.4 Å². The smallest absolute Gasteiger partial charge is 0.115 e. The molecule has 138 valence electrons. The molecule has 1 heterocycles. The number of methoxy groups -OCH3 is 1. The molecule has 1 aliphatic rings. The van der Waals surface area contributed by atoms with E-state index in [4.69, 9.17) is 23.7 Å². The molecule has 1 saturated heterocycles. The van der Waals surface area contributed by atoms with E-state index in [0.717, 1.165) is 0 Å². The van der Waals surface area contributed by atoms with E-state index in [0.29, 0.717) is 33.0 Å². The zero-order chi connectivity index (χ0) is 18.2. The van der Waals surface area contributed by atoms with Gasteiger partial charge >= 0.3 is 0 Å². The maximum absolute atomic E-state index is 5.82. The number of rotatable bonds is 11. The van der Waals surface area contributed by atoms with Crippen molar-refractivity contribution >= 4 is 0 Å². The summed E-state index contributed by atoms with van der Waals surface area (Å²) in [6, 6.07) is 0. The number of allylic oxidation sites excluding steroid dienone is 1. The third-order valence-electron chi connectivity index (χ3n) is 3.16. The second kappa shape index (κ2) is 15.3. The first-order valence-corrected chi connectivity index (χ1v) is 8.05. The second-order valence-corrected chi connectivity index (χ2v) is 5.05. The lowest BCUT2D eigenvalue weighted by molar-refractivity contribution is -0.227. The molecule has 0 bridgehead atoms. The van der Waals surface area contributed by atoms with Crippen LogP contribution in [0.25, 0.3) is 0 Å². The molecule has 0 amide bonds. The van der Waals surface area contributed by atoms with E-state index in [1.54, 1.807) is 31.4 Å². The van der Waals surface area contributed by atoms with Crippen molar-refractivity contribution in [2.45, 2.75) is 31.3 Å². The van der Waals surface area contributed by atoms with Crippen molar-refractivity contribution in [3.8, 4) is 0 Å². The summed E-state index contributed by atoms with van der Waals surface area (Å²) in [5, 5.41) is 0. The van der Waals surface area contributed by atoms with Gasteiger partial charge in [-0.25, -0.2) is 0 Å². The zero-order valence-corrected chi connectivity index (χ0v) is 15.0. The Balaban J connectivity index is 0.00000163. The molecule has 0 aliphatic carbocycles. The Hall–Kier alpha value is -1.24. The summed E-state index contributed by atoms with van der Waals surface area (Å²) in [6.45, 7) is 18.4. The molecule has 5 heteroatoms. The summed E-state index contributed by atoms with van der Waals surface area (Å²) < 4.78 is 28.4. The third kappa shape index (κ3) is 8.57. The van der Waals surface area contributed by atoms with Gasteiger partial charge in [0.15, 0.2) is 0 Å². The fourth-order valence-corrected chi connectivity index (χ4v) is 2.24. The van der Waals surface area contributed by atoms with Crippen LogP contribution in [-0.2, 0) is 23.7 Å². The molecule has 1 unspecified atom stereocenters. The van der Waals surface area contributed by atoms with Crippen LogP contribution >= 0.6 is 0 Å². The third-order valence-corrected chi connectivity index (χ3v) is 3.16. The Morgan fingerprint density at radius 3 is 2.08 bits per heavy atom. The Labute approximate surface area is 146 Å². The van der Waals surface area contributed by atoms with Crippen LogP contribution in [-0.4, -0.2) is 64.6 Å². The standard InChI is InChI=1S/C16H26O5.C3H6/c1-5-8-18-11-13-16(20-10-7-3)15(17-4)14(12-21-13)19-9-6-2;1-3-2/h5-7,13-16H,1-3,8-12H2,4H3;3H,1H2,2H3/t13?,14-,15-,16-;/m1./s1. The lowest BCUT2D eigenvalue weighted by Crippen LogP contribution is -2.57. The SMILES string of the molecule is C=CC.C=CCOCC1OC[C@@H](OCC=C)[C@@H](OC)[C@@H]1OCC=C. The van der Waals surface area contributed by atoms with E-state index >= 15 is 0 Å². The van der Waals surface area contributed by atoms with Crippen LogP contribution in [0.4, 0.5) is 0 Å². The van der Waals surface area contributed by atoms with E-state index in [9.17, 15) is 0 Å². The molecule has 0 spiro atoms. The van der Waals surface area contributed by atoms with Crippen molar-refractivity contribution < 1.29 is 23.7 Å². The Morgan fingerprint density at radius 1 is 0.958 bits per heavy atom. The van der Waals surface area contributed by atoms with Gasteiger partial charge < -0.3 is 23.7 Å². The number of hydrogen-bond acceptors (Lipinski definition) is 5. The van der Waals surface area contributed by atoms with Crippen LogP contribution in [0.15, 0.2) is 50.6 Å². The number of ether oxygens (including phenoxy) is 5. The minimum Gasteiger partial charge on any atom is -0.376 e. The summed E-state index contributed by atoms with van der Waals surface area (Å²) in [7, 11) is 1.65. The van der Waals surface area contributed by atoms with Gasteiger partial charge in [0, 0.05) is 7.11 Å². The van der Waals surface area contributed by atoms with Gasteiger partial charge in [-0.1, -0.05) is 24.3 Å². The zero-order valence-electron chi connectivity index (χ0n) is 15.0. The molecule has 1 aliphatic heterocycles. The van der Waals surface area contributed by atoms with Crippen LogP contribution in [0.2, 0.25) is 0 Å². The van der Waals surface area contributed by atoms with Gasteiger partial charge in [0.25, 0.3) is 0 Å². The first-order valence-electron chi connectivity index (χ1n) is 8.05. The first kappa shape index (κ1) is 22.8. The van der Waals surface area contributed by atoms with Crippen molar-refractivity contribution in [3.05, 3.63) is 50.6 Å². The van der Waals surface area contributed by atoms with Crippen molar-refractivity contribution in [1.82, 2.24) is 0 Å². The summed E-state index contributed by atoms with van der Waals surface area (Å²) in [5.41, 5.74) is 0. The van der Waals surface area contributed by atoms with E-state index in [1.807, 2.05) is 6.92 Å². The molecule has 0 aromatic heterocycles. The maximum atomic E-state index is 5.82. The maximum Gasteiger partial charge on any atom is 0.115 e. The lowest BCUT2D eigenvalue weighted by Gasteiger charge is -2.41. The molecule has 0 aromatic carbocycles. The molecule has 0 radical (unpaired) electrons. The predicted octanol–water partition coefficient (Wildman–Crippen LogP) is 2.94. The average molecular weight is 340 g/mol. The Bertz CT molecular complexity index is 356. The minimum atomic E-state index is -0.276. The highest BCUT2D eigenvalue weighted by atomic mass is 16.6. The van der Waals surface area contributed by atoms with E-state index < -0.39 is 0 Å². The van der Waals surface area contributed by atoms with Gasteiger partial charge in [-0.05, 0) is 6.92 Å². The fourth-order valence-electron chi connectivity index (χ4n) is 2.24. The largest absolute Gasteiger partial charge is 0.376 e. The molecule has 1 fully saturated rings. The highest BCUT2D eigenvalue weighted by molar-refractivity contribution is 4.91. The van der Waals surface area contributed by atoms with Gasteiger partial charge in [0.2, 0.25) is 0 Å². The first-order chi connectivity index (χ1) is 11.7. The summed E-state index contributed by atoms with van der Waals surface area (Å²) >= 11 is 0. The summed E-state index contributed by atoms with van der Waals surface area (Å²) in [6.07, 6.45) is 5.94. The molecule has 24 heavy (non-hydrogen) atoms. The fraction of sp³-hybridized carbons (Fsp3) is 0.579. The predicted molar refractivity (Wildman–Crippen MR) is 97.3 cm³/mol. The van der Waals surface area contributed by atoms with Crippen LogP contribution < -0.4 is 0 Å². The number of hydrogen-bond donors (Lipinski definition) is 0. The molecular weight excluding hydrogens is 308 g/mol. The van der Waals surface area contributed by atoms with E-state index in [1.165, 1.54) is 0 Å². The van der Waals surface area contributed by atoms with Gasteiger partial charge in [-0.15, -0.1) is 26.3 Å². The van der Waals surface area contributed by atoms with E-state index in [2.05, 4.69) is 26.3 Å². The Kier molecular flexibility index (Phi) is 14.5. The van der Waals surface area contributed by atoms with Gasteiger partial charge in [-0.2, -0.15) is 0 Å². The van der Waals surface area contributed by atoms with Gasteiger partial charge in [0.1, 0.15) is 24.4 Å². The summed E-state index contributed by atoms with van der Waals surface area (Å²) in [4.78, 5) is 0. The molecule has 0 aromatic rings. The van der Waals surface area contributed by atoms with Crippen molar-refractivity contribution in [1.29, 1.82) is 0 Å². The lowest BCUT2D eigenvalue weighted by atomic mass is 9.99. The normalized spacial score (nSPS) is 25.9. The molecule has 0 N–H and O–H groups in total. The molecular formula is C19H32O5. The van der Waals surface area contributed by atoms with Crippen molar-refractivity contribution in [2.24, 2.45) is 0 Å². The topological polar surface area (TPSA) is 46.2 Å². The van der Waals surface area contributed by atoms with Crippen LogP contribution in [0.1, 0.15) is 6.92 Å². The summed E-state index contributed by atoms with van der Waals surface area (Å²) in [5.74, 6) is 0. The highest BCUT2D eigenvalue weighted by Crippen LogP contribution is 2.23. The highest BCUT2D eigenvalue weighted by Gasteiger charge is 2.42. The molecule has 4 atom stereocenters. The quantitative estimate of drug-likeness (QED) is 0.427. The van der Waals surface area contributed by atoms with Crippen LogP contribution in [0.5, 0.6) is 0 Å². The Morgan fingerprint density at radius 2 is 1.54 bits per heavy atom. The second-order valence-electron chi connectivity index (χ2n) is 5.05. The van der Waals surface area contributed by atoms with Gasteiger partial charge in [0.05, 0.1) is 33.0 Å².